The van der Waals surface area contributed by atoms with E-state index in [0.717, 1.165) is 0 Å². The van der Waals surface area contributed by atoms with Gasteiger partial charge in [0.1, 0.15) is 0 Å². The van der Waals surface area contributed by atoms with Crippen LogP contribution in [0, 0.1) is 0 Å². The number of carbonyl (C=O) groups excluding carboxylic acids is 1. The van der Waals surface area contributed by atoms with Crippen LogP contribution in [-0.4, -0.2) is 47.4 Å². The van der Waals surface area contributed by atoms with Crippen molar-refractivity contribution in [3.05, 3.63) is 0 Å². The molecule has 86 valence electrons. The van der Waals surface area contributed by atoms with Crippen LogP contribution in [0.4, 0.5) is 0 Å². The fourth-order valence-electron chi connectivity index (χ4n) is 0.612. The van der Waals surface area contributed by atoms with E-state index in [1.807, 2.05) is 0 Å². The minimum atomic E-state index is -4.09. The summed E-state index contributed by atoms with van der Waals surface area (Å²) in [5.41, 5.74) is 0. The molecule has 3 N–H and O–H groups in total. The lowest BCUT2D eigenvalue weighted by molar-refractivity contribution is -0.132. The third-order valence-corrected chi connectivity index (χ3v) is 2.25. The van der Waals surface area contributed by atoms with Crippen LogP contribution in [0.15, 0.2) is 0 Å². The SMILES string of the molecule is CS(C)(C)OC(=O)CNCP(=O)(O)O. The summed E-state index contributed by atoms with van der Waals surface area (Å²) in [6.07, 6.45) is 4.89. The Morgan fingerprint density at radius 2 is 1.93 bits per heavy atom. The highest BCUT2D eigenvalue weighted by atomic mass is 32.3. The van der Waals surface area contributed by atoms with Gasteiger partial charge in [0.25, 0.3) is 0 Å². The predicted molar refractivity (Wildman–Crippen MR) is 56.4 cm³/mol. The second kappa shape index (κ2) is 5.14. The van der Waals surface area contributed by atoms with E-state index in [9.17, 15) is 9.36 Å². The summed E-state index contributed by atoms with van der Waals surface area (Å²) >= 11 is 0. The first-order chi connectivity index (χ1) is 6.10. The van der Waals surface area contributed by atoms with Crippen molar-refractivity contribution in [2.75, 3.05) is 31.6 Å². The lowest BCUT2D eigenvalue weighted by atomic mass is 10.7. The standard InChI is InChI=1S/C6H16NO5PS/c1-14(2,3)12-6(8)4-7-5-13(9,10)11/h7H,4-5H2,1-3H3,(H2,9,10,11). The summed E-state index contributed by atoms with van der Waals surface area (Å²) in [5.74, 6) is -0.499. The molecule has 0 atom stereocenters. The second-order valence-electron chi connectivity index (χ2n) is 3.43. The molecular weight excluding hydrogens is 229 g/mol. The van der Waals surface area contributed by atoms with Gasteiger partial charge in [-0.3, -0.25) is 9.88 Å². The lowest BCUT2D eigenvalue weighted by Crippen LogP contribution is -2.26. The largest absolute Gasteiger partial charge is 0.415 e. The van der Waals surface area contributed by atoms with E-state index >= 15 is 0 Å². The van der Waals surface area contributed by atoms with E-state index in [0.29, 0.717) is 0 Å². The van der Waals surface area contributed by atoms with Gasteiger partial charge in [0, 0.05) is 0 Å². The van der Waals surface area contributed by atoms with Crippen LogP contribution < -0.4 is 5.32 Å². The van der Waals surface area contributed by atoms with E-state index in [2.05, 4.69) is 5.32 Å². The summed E-state index contributed by atoms with van der Waals surface area (Å²) in [6.45, 7) is -0.185. The molecule has 0 rings (SSSR count). The Kier molecular flexibility index (Phi) is 5.11. The minimum Gasteiger partial charge on any atom is -0.415 e. The molecule has 0 aliphatic heterocycles. The molecule has 0 saturated heterocycles. The van der Waals surface area contributed by atoms with Crippen LogP contribution in [0.2, 0.25) is 0 Å². The summed E-state index contributed by atoms with van der Waals surface area (Å²) in [7, 11) is -5.46. The first kappa shape index (κ1) is 13.9. The third-order valence-electron chi connectivity index (χ3n) is 0.930. The molecule has 6 nitrogen and oxygen atoms in total. The number of nitrogens with one attached hydrogen (secondary N) is 1. The Morgan fingerprint density at radius 3 is 2.29 bits per heavy atom. The lowest BCUT2D eigenvalue weighted by Gasteiger charge is -2.24. The van der Waals surface area contributed by atoms with Crippen molar-refractivity contribution >= 4 is 23.9 Å². The van der Waals surface area contributed by atoms with Crippen molar-refractivity contribution in [1.82, 2.24) is 5.32 Å². The van der Waals surface area contributed by atoms with Gasteiger partial charge in [-0.1, -0.05) is 10.3 Å². The van der Waals surface area contributed by atoms with Gasteiger partial charge in [-0.2, -0.15) is 0 Å². The van der Waals surface area contributed by atoms with Crippen molar-refractivity contribution in [2.45, 2.75) is 0 Å². The zero-order valence-corrected chi connectivity index (χ0v) is 10.1. The molecule has 0 aromatic rings. The molecule has 0 heterocycles. The predicted octanol–water partition coefficient (Wildman–Crippen LogP) is -0.137. The highest BCUT2D eigenvalue weighted by Gasteiger charge is 2.15. The molecular formula is C6H16NO5PS. The van der Waals surface area contributed by atoms with Crippen LogP contribution in [0.3, 0.4) is 0 Å². The van der Waals surface area contributed by atoms with Gasteiger partial charge >= 0.3 is 13.6 Å². The van der Waals surface area contributed by atoms with Crippen molar-refractivity contribution in [2.24, 2.45) is 0 Å². The van der Waals surface area contributed by atoms with Crippen LogP contribution >= 0.6 is 17.9 Å². The first-order valence-electron chi connectivity index (χ1n) is 3.76. The molecule has 0 aromatic carbocycles. The average molecular weight is 245 g/mol. The van der Waals surface area contributed by atoms with E-state index in [1.54, 1.807) is 18.8 Å². The average Bonchev–Trinajstić information content (AvgIpc) is 1.78. The molecule has 0 aromatic heterocycles. The zero-order chi connectivity index (χ0) is 11.4. The van der Waals surface area contributed by atoms with Crippen molar-refractivity contribution in [1.29, 1.82) is 0 Å². The normalized spacial score (nSPS) is 13.8. The van der Waals surface area contributed by atoms with Gasteiger partial charge < -0.3 is 14.0 Å². The van der Waals surface area contributed by atoms with E-state index in [-0.39, 0.29) is 6.54 Å². The van der Waals surface area contributed by atoms with Gasteiger partial charge in [0.15, 0.2) is 0 Å². The topological polar surface area (TPSA) is 95.9 Å². The maximum Gasteiger partial charge on any atom is 0.339 e. The Bertz CT molecular complexity index is 245. The Labute approximate surface area is 84.7 Å². The van der Waals surface area contributed by atoms with Crippen molar-refractivity contribution < 1.29 is 23.3 Å². The van der Waals surface area contributed by atoms with Crippen molar-refractivity contribution in [3.63, 3.8) is 0 Å². The van der Waals surface area contributed by atoms with Gasteiger partial charge in [0.2, 0.25) is 0 Å². The quantitative estimate of drug-likeness (QED) is 0.584. The molecule has 0 aliphatic rings. The highest BCUT2D eigenvalue weighted by Crippen LogP contribution is 2.36. The highest BCUT2D eigenvalue weighted by molar-refractivity contribution is 8.28. The Balaban J connectivity index is 3.72. The van der Waals surface area contributed by atoms with E-state index in [4.69, 9.17) is 14.0 Å². The molecule has 0 spiro atoms. The summed E-state index contributed by atoms with van der Waals surface area (Å²) < 4.78 is 15.4. The molecule has 0 unspecified atom stereocenters. The molecule has 0 amide bonds. The van der Waals surface area contributed by atoms with Crippen molar-refractivity contribution in [3.8, 4) is 0 Å². The third kappa shape index (κ3) is 10.0. The molecule has 14 heavy (non-hydrogen) atoms. The maximum atomic E-state index is 11.0. The molecule has 0 saturated carbocycles. The summed E-state index contributed by atoms with van der Waals surface area (Å²) in [6, 6.07) is 0. The van der Waals surface area contributed by atoms with Gasteiger partial charge in [0.05, 0.1) is 12.8 Å². The molecule has 8 heteroatoms. The van der Waals surface area contributed by atoms with Crippen LogP contribution in [0.25, 0.3) is 0 Å². The zero-order valence-electron chi connectivity index (χ0n) is 8.39. The van der Waals surface area contributed by atoms with Gasteiger partial charge in [-0.05, 0) is 18.8 Å². The van der Waals surface area contributed by atoms with Gasteiger partial charge in [-0.15, -0.1) is 0 Å². The number of hydrogen-bond donors (Lipinski definition) is 3. The smallest absolute Gasteiger partial charge is 0.339 e. The molecule has 0 aliphatic carbocycles. The first-order valence-corrected chi connectivity index (χ1v) is 8.34. The summed E-state index contributed by atoms with van der Waals surface area (Å²) in [4.78, 5) is 28.0. The number of carbonyl (C=O) groups is 1. The van der Waals surface area contributed by atoms with Crippen LogP contribution in [0.5, 0.6) is 0 Å². The molecule has 0 radical (unpaired) electrons. The van der Waals surface area contributed by atoms with Gasteiger partial charge in [-0.25, -0.2) is 4.79 Å². The number of hydrogen-bond acceptors (Lipinski definition) is 4. The van der Waals surface area contributed by atoms with Crippen LogP contribution in [0.1, 0.15) is 0 Å². The monoisotopic (exact) mass is 245 g/mol. The fourth-order valence-corrected chi connectivity index (χ4v) is 1.63. The second-order valence-corrected chi connectivity index (χ2v) is 8.69. The van der Waals surface area contributed by atoms with E-state index < -0.39 is 30.2 Å². The number of rotatable bonds is 5. The Hall–Kier alpha value is -0.0700. The molecule has 0 bridgehead atoms. The Morgan fingerprint density at radius 1 is 1.43 bits per heavy atom. The van der Waals surface area contributed by atoms with Crippen LogP contribution in [-0.2, 0) is 13.5 Å². The van der Waals surface area contributed by atoms with E-state index in [1.165, 1.54) is 0 Å². The summed E-state index contributed by atoms with van der Waals surface area (Å²) in [5, 5.41) is 2.32. The minimum absolute atomic E-state index is 0.185. The molecule has 0 fully saturated rings. The maximum absolute atomic E-state index is 11.0. The fraction of sp³-hybridized carbons (Fsp3) is 0.833.